The molecule has 0 radical (unpaired) electrons. The van der Waals surface area contributed by atoms with Crippen LogP contribution >= 0.6 is 0 Å². The summed E-state index contributed by atoms with van der Waals surface area (Å²) in [4.78, 5) is 11.7. The molecule has 18 heavy (non-hydrogen) atoms. The van der Waals surface area contributed by atoms with E-state index in [0.717, 1.165) is 11.8 Å². The van der Waals surface area contributed by atoms with Crippen molar-refractivity contribution in [2.45, 2.75) is 25.8 Å². The zero-order valence-corrected chi connectivity index (χ0v) is 10.3. The van der Waals surface area contributed by atoms with Gasteiger partial charge in [0.1, 0.15) is 5.69 Å². The van der Waals surface area contributed by atoms with Crippen LogP contribution in [-0.2, 0) is 11.2 Å². The Bertz CT molecular complexity index is 534. The molecule has 0 spiro atoms. The predicted octanol–water partition coefficient (Wildman–Crippen LogP) is 1.22. The van der Waals surface area contributed by atoms with Gasteiger partial charge in [0, 0.05) is 18.0 Å². The van der Waals surface area contributed by atoms with E-state index in [-0.39, 0.29) is 18.4 Å². The van der Waals surface area contributed by atoms with Crippen molar-refractivity contribution >= 4 is 16.9 Å². The quantitative estimate of drug-likeness (QED) is 0.832. The minimum Gasteiger partial charge on any atom is -0.356 e. The summed E-state index contributed by atoms with van der Waals surface area (Å²) in [6.07, 6.45) is 1.00. The SMILES string of the molecule is CC(N)CCNC(=O)Cc1noc2ccccc12. The van der Waals surface area contributed by atoms with Gasteiger partial charge in [0.25, 0.3) is 0 Å². The molecule has 0 aliphatic rings. The molecule has 0 fully saturated rings. The second-order valence-corrected chi connectivity index (χ2v) is 4.42. The molecule has 1 aromatic heterocycles. The van der Waals surface area contributed by atoms with Gasteiger partial charge in [-0.05, 0) is 25.5 Å². The van der Waals surface area contributed by atoms with Crippen LogP contribution in [0.15, 0.2) is 28.8 Å². The molecule has 96 valence electrons. The summed E-state index contributed by atoms with van der Waals surface area (Å²) < 4.78 is 5.14. The van der Waals surface area contributed by atoms with Gasteiger partial charge in [0.05, 0.1) is 6.42 Å². The number of nitrogens with zero attached hydrogens (tertiary/aromatic N) is 1. The highest BCUT2D eigenvalue weighted by molar-refractivity contribution is 5.86. The first-order chi connectivity index (χ1) is 8.66. The van der Waals surface area contributed by atoms with Crippen molar-refractivity contribution in [3.8, 4) is 0 Å². The summed E-state index contributed by atoms with van der Waals surface area (Å²) in [6, 6.07) is 7.60. The Balaban J connectivity index is 1.95. The number of nitrogens with two attached hydrogens (primary N) is 1. The third-order valence-electron chi connectivity index (χ3n) is 2.70. The Hall–Kier alpha value is -1.88. The lowest BCUT2D eigenvalue weighted by molar-refractivity contribution is -0.120. The summed E-state index contributed by atoms with van der Waals surface area (Å²) in [6.45, 7) is 2.50. The molecule has 3 N–H and O–H groups in total. The Labute approximate surface area is 105 Å². The molecule has 2 rings (SSSR count). The van der Waals surface area contributed by atoms with Gasteiger partial charge in [-0.25, -0.2) is 0 Å². The van der Waals surface area contributed by atoms with Gasteiger partial charge >= 0.3 is 0 Å². The van der Waals surface area contributed by atoms with Crippen LogP contribution in [0.5, 0.6) is 0 Å². The number of para-hydroxylation sites is 1. The van der Waals surface area contributed by atoms with Crippen molar-refractivity contribution in [1.82, 2.24) is 10.5 Å². The lowest BCUT2D eigenvalue weighted by atomic mass is 10.1. The molecule has 1 aromatic carbocycles. The van der Waals surface area contributed by atoms with Crippen LogP contribution in [0.4, 0.5) is 0 Å². The third-order valence-corrected chi connectivity index (χ3v) is 2.70. The molecule has 5 heteroatoms. The lowest BCUT2D eigenvalue weighted by Gasteiger charge is -2.06. The van der Waals surface area contributed by atoms with E-state index in [1.54, 1.807) is 0 Å². The fourth-order valence-corrected chi connectivity index (χ4v) is 1.72. The van der Waals surface area contributed by atoms with Crippen LogP contribution in [-0.4, -0.2) is 23.7 Å². The van der Waals surface area contributed by atoms with Gasteiger partial charge in [0.2, 0.25) is 5.91 Å². The predicted molar refractivity (Wildman–Crippen MR) is 69.0 cm³/mol. The smallest absolute Gasteiger partial charge is 0.226 e. The molecule has 0 saturated heterocycles. The van der Waals surface area contributed by atoms with E-state index in [2.05, 4.69) is 10.5 Å². The number of rotatable bonds is 5. The van der Waals surface area contributed by atoms with Gasteiger partial charge in [-0.2, -0.15) is 0 Å². The monoisotopic (exact) mass is 247 g/mol. The van der Waals surface area contributed by atoms with Gasteiger partial charge in [-0.1, -0.05) is 17.3 Å². The topological polar surface area (TPSA) is 81.1 Å². The first-order valence-corrected chi connectivity index (χ1v) is 6.02. The van der Waals surface area contributed by atoms with E-state index < -0.39 is 0 Å². The average Bonchev–Trinajstić information content (AvgIpc) is 2.72. The average molecular weight is 247 g/mol. The van der Waals surface area contributed by atoms with E-state index in [0.29, 0.717) is 17.8 Å². The van der Waals surface area contributed by atoms with Crippen LogP contribution in [0.3, 0.4) is 0 Å². The summed E-state index contributed by atoms with van der Waals surface area (Å²) in [5, 5.41) is 7.62. The zero-order chi connectivity index (χ0) is 13.0. The normalized spacial score (nSPS) is 12.6. The van der Waals surface area contributed by atoms with Gasteiger partial charge in [-0.15, -0.1) is 0 Å². The number of aromatic nitrogens is 1. The van der Waals surface area contributed by atoms with Crippen LogP contribution < -0.4 is 11.1 Å². The van der Waals surface area contributed by atoms with E-state index in [4.69, 9.17) is 10.3 Å². The van der Waals surface area contributed by atoms with Crippen molar-refractivity contribution in [2.24, 2.45) is 5.73 Å². The maximum atomic E-state index is 11.7. The second kappa shape index (κ2) is 5.64. The Morgan fingerprint density at radius 2 is 2.28 bits per heavy atom. The molecule has 0 aliphatic heterocycles. The highest BCUT2D eigenvalue weighted by Crippen LogP contribution is 2.17. The van der Waals surface area contributed by atoms with E-state index in [9.17, 15) is 4.79 Å². The van der Waals surface area contributed by atoms with Crippen LogP contribution in [0.2, 0.25) is 0 Å². The number of fused-ring (bicyclic) bond motifs is 1. The number of carbonyl (C=O) groups excluding carboxylic acids is 1. The first-order valence-electron chi connectivity index (χ1n) is 6.02. The van der Waals surface area contributed by atoms with Crippen molar-refractivity contribution in [3.63, 3.8) is 0 Å². The maximum absolute atomic E-state index is 11.7. The van der Waals surface area contributed by atoms with Crippen LogP contribution in [0.25, 0.3) is 11.0 Å². The van der Waals surface area contributed by atoms with Crippen LogP contribution in [0, 0.1) is 0 Å². The molecule has 1 amide bonds. The fourth-order valence-electron chi connectivity index (χ4n) is 1.72. The van der Waals surface area contributed by atoms with Crippen molar-refractivity contribution in [1.29, 1.82) is 0 Å². The molecular formula is C13H17N3O2. The maximum Gasteiger partial charge on any atom is 0.226 e. The van der Waals surface area contributed by atoms with E-state index >= 15 is 0 Å². The number of hydrogen-bond acceptors (Lipinski definition) is 4. The molecule has 0 aliphatic carbocycles. The largest absolute Gasteiger partial charge is 0.356 e. The standard InChI is InChI=1S/C13H17N3O2/c1-9(14)6-7-15-13(17)8-11-10-4-2-3-5-12(10)18-16-11/h2-5,9H,6-8,14H2,1H3,(H,15,17). The van der Waals surface area contributed by atoms with E-state index in [1.807, 2.05) is 31.2 Å². The minimum absolute atomic E-state index is 0.0605. The van der Waals surface area contributed by atoms with E-state index in [1.165, 1.54) is 0 Å². The summed E-state index contributed by atoms with van der Waals surface area (Å²) in [5.74, 6) is -0.0605. The number of nitrogens with one attached hydrogen (secondary N) is 1. The molecule has 1 heterocycles. The fraction of sp³-hybridized carbons (Fsp3) is 0.385. The van der Waals surface area contributed by atoms with Gasteiger partial charge < -0.3 is 15.6 Å². The summed E-state index contributed by atoms with van der Waals surface area (Å²) in [7, 11) is 0. The molecule has 5 nitrogen and oxygen atoms in total. The molecule has 0 saturated carbocycles. The lowest BCUT2D eigenvalue weighted by Crippen LogP contribution is -2.30. The Morgan fingerprint density at radius 1 is 1.50 bits per heavy atom. The first kappa shape index (κ1) is 12.6. The zero-order valence-electron chi connectivity index (χ0n) is 10.3. The number of hydrogen-bond donors (Lipinski definition) is 2. The molecular weight excluding hydrogens is 230 g/mol. The molecule has 2 aromatic rings. The highest BCUT2D eigenvalue weighted by atomic mass is 16.5. The van der Waals surface area contributed by atoms with Crippen LogP contribution in [0.1, 0.15) is 19.0 Å². The number of carbonyl (C=O) groups is 1. The highest BCUT2D eigenvalue weighted by Gasteiger charge is 2.11. The summed E-state index contributed by atoms with van der Waals surface area (Å²) in [5.41, 5.74) is 6.99. The summed E-state index contributed by atoms with van der Waals surface area (Å²) >= 11 is 0. The van der Waals surface area contributed by atoms with Gasteiger partial charge in [0.15, 0.2) is 5.58 Å². The van der Waals surface area contributed by atoms with Crippen molar-refractivity contribution in [3.05, 3.63) is 30.0 Å². The van der Waals surface area contributed by atoms with Crippen molar-refractivity contribution in [2.75, 3.05) is 6.54 Å². The van der Waals surface area contributed by atoms with Crippen molar-refractivity contribution < 1.29 is 9.32 Å². The Morgan fingerprint density at radius 3 is 3.06 bits per heavy atom. The number of benzene rings is 1. The number of amides is 1. The molecule has 1 unspecified atom stereocenters. The molecule has 1 atom stereocenters. The Kier molecular flexibility index (Phi) is 3.94. The molecule has 0 bridgehead atoms. The van der Waals surface area contributed by atoms with Gasteiger partial charge in [-0.3, -0.25) is 4.79 Å². The second-order valence-electron chi connectivity index (χ2n) is 4.42. The third kappa shape index (κ3) is 3.07. The minimum atomic E-state index is -0.0605.